The Morgan fingerprint density at radius 2 is 1.82 bits per heavy atom. The molecule has 2 unspecified atom stereocenters. The highest BCUT2D eigenvalue weighted by Gasteiger charge is 2.26. The van der Waals surface area contributed by atoms with E-state index in [4.69, 9.17) is 4.74 Å². The van der Waals surface area contributed by atoms with E-state index in [0.717, 1.165) is 19.0 Å². The van der Waals surface area contributed by atoms with Gasteiger partial charge in [-0.15, -0.1) is 0 Å². The highest BCUT2D eigenvalue weighted by molar-refractivity contribution is 5.67. The number of carbonyl (C=O) groups is 1. The van der Waals surface area contributed by atoms with Gasteiger partial charge in [0.25, 0.3) is 0 Å². The first-order valence-corrected chi connectivity index (χ1v) is 9.06. The van der Waals surface area contributed by atoms with Crippen LogP contribution in [-0.2, 0) is 4.74 Å². The number of amides is 1. The van der Waals surface area contributed by atoms with Crippen molar-refractivity contribution in [2.45, 2.75) is 84.8 Å². The second kappa shape index (κ2) is 9.39. The molecule has 0 saturated heterocycles. The summed E-state index contributed by atoms with van der Waals surface area (Å²) in [5, 5.41) is 6.71. The minimum absolute atomic E-state index is 0.295. The second-order valence-corrected chi connectivity index (χ2v) is 7.62. The lowest BCUT2D eigenvalue weighted by Gasteiger charge is -2.33. The van der Waals surface area contributed by atoms with Gasteiger partial charge < -0.3 is 15.4 Å². The Balaban J connectivity index is 2.39. The van der Waals surface area contributed by atoms with E-state index < -0.39 is 5.60 Å². The molecule has 1 aliphatic rings. The summed E-state index contributed by atoms with van der Waals surface area (Å²) in [6, 6.07) is 0.532. The first-order valence-electron chi connectivity index (χ1n) is 9.06. The maximum absolute atomic E-state index is 11.8. The largest absolute Gasteiger partial charge is 0.444 e. The van der Waals surface area contributed by atoms with Crippen LogP contribution in [0.25, 0.3) is 0 Å². The first-order chi connectivity index (χ1) is 10.4. The van der Waals surface area contributed by atoms with Crippen molar-refractivity contribution in [2.24, 2.45) is 11.8 Å². The summed E-state index contributed by atoms with van der Waals surface area (Å²) in [6.45, 7) is 12.0. The van der Waals surface area contributed by atoms with E-state index in [1.807, 2.05) is 20.8 Å². The molecule has 2 atom stereocenters. The van der Waals surface area contributed by atoms with Crippen LogP contribution in [0.2, 0.25) is 0 Å². The molecule has 1 fully saturated rings. The minimum Gasteiger partial charge on any atom is -0.444 e. The van der Waals surface area contributed by atoms with E-state index in [1.165, 1.54) is 38.5 Å². The van der Waals surface area contributed by atoms with E-state index in [0.29, 0.717) is 12.0 Å². The summed E-state index contributed by atoms with van der Waals surface area (Å²) >= 11 is 0. The molecule has 1 saturated carbocycles. The summed E-state index contributed by atoms with van der Waals surface area (Å²) in [7, 11) is 0. The van der Waals surface area contributed by atoms with Gasteiger partial charge in [0.2, 0.25) is 0 Å². The average molecular weight is 312 g/mol. The Bertz CT molecular complexity index is 322. The third-order valence-electron chi connectivity index (χ3n) is 4.64. The summed E-state index contributed by atoms with van der Waals surface area (Å²) in [6.07, 6.45) is 7.15. The fraction of sp³-hybridized carbons (Fsp3) is 0.944. The number of ether oxygens (including phenoxy) is 1. The summed E-state index contributed by atoms with van der Waals surface area (Å²) < 4.78 is 5.33. The molecular formula is C18H36N2O2. The predicted octanol–water partition coefficient (Wildman–Crippen LogP) is 4.10. The summed E-state index contributed by atoms with van der Waals surface area (Å²) in [5.41, 5.74) is -0.427. The normalized spacial score (nSPS) is 22.6. The minimum atomic E-state index is -0.427. The zero-order valence-electron chi connectivity index (χ0n) is 15.2. The van der Waals surface area contributed by atoms with Gasteiger partial charge in [-0.2, -0.15) is 0 Å². The Morgan fingerprint density at radius 1 is 1.18 bits per heavy atom. The molecule has 0 heterocycles. The molecule has 0 aliphatic heterocycles. The van der Waals surface area contributed by atoms with Crippen molar-refractivity contribution < 1.29 is 9.53 Å². The van der Waals surface area contributed by atoms with E-state index >= 15 is 0 Å². The van der Waals surface area contributed by atoms with E-state index in [-0.39, 0.29) is 6.09 Å². The first kappa shape index (κ1) is 19.3. The van der Waals surface area contributed by atoms with Crippen molar-refractivity contribution >= 4 is 6.09 Å². The number of carbonyl (C=O) groups excluding carboxylic acids is 1. The van der Waals surface area contributed by atoms with Crippen LogP contribution in [0.15, 0.2) is 0 Å². The molecule has 0 aromatic heterocycles. The van der Waals surface area contributed by atoms with Crippen molar-refractivity contribution in [1.82, 2.24) is 10.6 Å². The summed E-state index contributed by atoms with van der Waals surface area (Å²) in [4.78, 5) is 11.8. The molecule has 4 heteroatoms. The fourth-order valence-corrected chi connectivity index (χ4v) is 3.14. The number of hydrogen-bond acceptors (Lipinski definition) is 3. The smallest absolute Gasteiger partial charge is 0.407 e. The van der Waals surface area contributed by atoms with E-state index in [1.54, 1.807) is 0 Å². The molecule has 0 aromatic rings. The molecule has 22 heavy (non-hydrogen) atoms. The van der Waals surface area contributed by atoms with E-state index in [9.17, 15) is 4.79 Å². The van der Waals surface area contributed by atoms with Crippen LogP contribution in [-0.4, -0.2) is 30.8 Å². The van der Waals surface area contributed by atoms with Gasteiger partial charge in [-0.1, -0.05) is 39.5 Å². The van der Waals surface area contributed by atoms with Crippen LogP contribution in [0.1, 0.15) is 73.1 Å². The average Bonchev–Trinajstić information content (AvgIpc) is 2.45. The van der Waals surface area contributed by atoms with Gasteiger partial charge in [-0.3, -0.25) is 0 Å². The SMILES string of the molecule is CCC(CC)CNC1CCCCC1CNC(=O)OC(C)(C)C. The zero-order chi connectivity index (χ0) is 16.6. The van der Waals surface area contributed by atoms with Crippen LogP contribution in [0.3, 0.4) is 0 Å². The third-order valence-corrected chi connectivity index (χ3v) is 4.64. The Kier molecular flexibility index (Phi) is 8.23. The molecular weight excluding hydrogens is 276 g/mol. The van der Waals surface area contributed by atoms with Crippen LogP contribution >= 0.6 is 0 Å². The third kappa shape index (κ3) is 7.48. The van der Waals surface area contributed by atoms with E-state index in [2.05, 4.69) is 24.5 Å². The quantitative estimate of drug-likeness (QED) is 0.744. The topological polar surface area (TPSA) is 50.4 Å². The monoisotopic (exact) mass is 312 g/mol. The van der Waals surface area contributed by atoms with Crippen LogP contribution < -0.4 is 10.6 Å². The van der Waals surface area contributed by atoms with Gasteiger partial charge in [-0.05, 0) is 52.0 Å². The molecule has 0 bridgehead atoms. The van der Waals surface area contributed by atoms with Crippen molar-refractivity contribution in [3.8, 4) is 0 Å². The lowest BCUT2D eigenvalue weighted by Crippen LogP contribution is -2.46. The van der Waals surface area contributed by atoms with Crippen LogP contribution in [0.4, 0.5) is 4.79 Å². The lowest BCUT2D eigenvalue weighted by molar-refractivity contribution is 0.0510. The lowest BCUT2D eigenvalue weighted by atomic mass is 9.84. The van der Waals surface area contributed by atoms with Gasteiger partial charge in [0, 0.05) is 12.6 Å². The standard InChI is InChI=1S/C18H36N2O2/c1-6-14(7-2)12-19-16-11-9-8-10-15(16)13-20-17(21)22-18(3,4)5/h14-16,19H,6-13H2,1-5H3,(H,20,21). The highest BCUT2D eigenvalue weighted by Crippen LogP contribution is 2.24. The molecule has 1 aliphatic carbocycles. The zero-order valence-corrected chi connectivity index (χ0v) is 15.2. The van der Waals surface area contributed by atoms with Crippen molar-refractivity contribution in [1.29, 1.82) is 0 Å². The van der Waals surface area contributed by atoms with Gasteiger partial charge in [0.15, 0.2) is 0 Å². The molecule has 4 nitrogen and oxygen atoms in total. The van der Waals surface area contributed by atoms with Crippen molar-refractivity contribution in [3.63, 3.8) is 0 Å². The maximum Gasteiger partial charge on any atom is 0.407 e. The van der Waals surface area contributed by atoms with Crippen LogP contribution in [0.5, 0.6) is 0 Å². The molecule has 1 amide bonds. The molecule has 0 spiro atoms. The Labute approximate surface area is 136 Å². The number of rotatable bonds is 7. The number of alkyl carbamates (subject to hydrolysis) is 1. The summed E-state index contributed by atoms with van der Waals surface area (Å²) in [5.74, 6) is 1.29. The molecule has 2 N–H and O–H groups in total. The Hall–Kier alpha value is -0.770. The number of nitrogens with one attached hydrogen (secondary N) is 2. The molecule has 130 valence electrons. The van der Waals surface area contributed by atoms with Gasteiger partial charge in [-0.25, -0.2) is 4.79 Å². The Morgan fingerprint density at radius 3 is 2.41 bits per heavy atom. The second-order valence-electron chi connectivity index (χ2n) is 7.62. The molecule has 0 radical (unpaired) electrons. The predicted molar refractivity (Wildman–Crippen MR) is 92.1 cm³/mol. The van der Waals surface area contributed by atoms with Crippen LogP contribution in [0, 0.1) is 11.8 Å². The maximum atomic E-state index is 11.8. The fourth-order valence-electron chi connectivity index (χ4n) is 3.14. The van der Waals surface area contributed by atoms with Gasteiger partial charge in [0.05, 0.1) is 0 Å². The van der Waals surface area contributed by atoms with Gasteiger partial charge >= 0.3 is 6.09 Å². The molecule has 1 rings (SSSR count). The van der Waals surface area contributed by atoms with Gasteiger partial charge in [0.1, 0.15) is 5.60 Å². The van der Waals surface area contributed by atoms with Crippen molar-refractivity contribution in [3.05, 3.63) is 0 Å². The molecule has 0 aromatic carbocycles. The highest BCUT2D eigenvalue weighted by atomic mass is 16.6. The van der Waals surface area contributed by atoms with Crippen molar-refractivity contribution in [2.75, 3.05) is 13.1 Å². The number of hydrogen-bond donors (Lipinski definition) is 2.